The number of hydrogen-bond acceptors (Lipinski definition) is 12. The van der Waals surface area contributed by atoms with Crippen molar-refractivity contribution < 1.29 is 43.5 Å². The fourth-order valence-corrected chi connectivity index (χ4v) is 8.43. The molecule has 1 aliphatic heterocycles. The van der Waals surface area contributed by atoms with Gasteiger partial charge in [0.15, 0.2) is 17.9 Å². The summed E-state index contributed by atoms with van der Waals surface area (Å²) < 4.78 is 0. The Kier molecular flexibility index (Phi) is 25.4. The first-order chi connectivity index (χ1) is 36.8. The summed E-state index contributed by atoms with van der Waals surface area (Å²) in [4.78, 5) is 127. The summed E-state index contributed by atoms with van der Waals surface area (Å²) in [6.45, 7) is 1.01. The van der Waals surface area contributed by atoms with Crippen LogP contribution in [0.25, 0.3) is 10.9 Å². The Morgan fingerprint density at radius 3 is 1.79 bits per heavy atom. The maximum Gasteiger partial charge on any atom is 0.243 e. The monoisotopic (exact) mass is 1070 g/mol. The van der Waals surface area contributed by atoms with E-state index < -0.39 is 103 Å². The van der Waals surface area contributed by atoms with E-state index in [4.69, 9.17) is 34.4 Å². The van der Waals surface area contributed by atoms with Gasteiger partial charge in [-0.15, -0.1) is 0 Å². The fraction of sp³-hybridized carbons (Fsp3) is 0.500. The molecule has 0 bridgehead atoms. The highest BCUT2D eigenvalue weighted by atomic mass is 16.3. The fourth-order valence-electron chi connectivity index (χ4n) is 8.43. The van der Waals surface area contributed by atoms with Crippen LogP contribution in [-0.4, -0.2) is 150 Å². The van der Waals surface area contributed by atoms with Crippen molar-refractivity contribution >= 4 is 76.0 Å². The van der Waals surface area contributed by atoms with Crippen LogP contribution in [0, 0.1) is 0 Å². The number of para-hydroxylation sites is 1. The number of fused-ring (bicyclic) bond motifs is 1. The quantitative estimate of drug-likeness (QED) is 0.0293. The van der Waals surface area contributed by atoms with E-state index in [2.05, 4.69) is 62.5 Å². The number of hydrogen-bond donors (Lipinski definition) is 16. The Bertz CT molecular complexity index is 2540. The maximum absolute atomic E-state index is 14.7. The molecule has 0 aliphatic carbocycles. The number of amides is 8. The van der Waals surface area contributed by atoms with Crippen molar-refractivity contribution in [2.75, 3.05) is 32.8 Å². The SMILES string of the molecule is CC(=O)N[C@@H](CCCN=C(N)N)C(=O)N[C@H]1CC(=O)NCCCC[C@@H](CO)NC(=O)[C@H](Cc2c[nH]c3ccccc23)NC(=O)[C@H](CCCN=C(N)N)NC(=O)[C@@H](Cc2ccccc2)NC(=O)[C@H](CCCN=C(N)N)NC1=O. The van der Waals surface area contributed by atoms with E-state index >= 15 is 0 Å². The predicted octanol–water partition coefficient (Wildman–Crippen LogP) is -3.79. The molecular formula is C50H76N18O9. The van der Waals surface area contributed by atoms with E-state index in [1.54, 1.807) is 36.5 Å². The highest BCUT2D eigenvalue weighted by molar-refractivity contribution is 5.98. The molecule has 0 saturated carbocycles. The third kappa shape index (κ3) is 22.1. The predicted molar refractivity (Wildman–Crippen MR) is 290 cm³/mol. The number of nitrogens with zero attached hydrogens (tertiary/aromatic N) is 3. The van der Waals surface area contributed by atoms with E-state index in [9.17, 15) is 43.5 Å². The number of nitrogens with two attached hydrogens (primary N) is 6. The molecule has 77 heavy (non-hydrogen) atoms. The minimum absolute atomic E-state index is 0.00180. The molecule has 0 spiro atoms. The van der Waals surface area contributed by atoms with Gasteiger partial charge in [-0.25, -0.2) is 0 Å². The Labute approximate surface area is 446 Å². The zero-order chi connectivity index (χ0) is 56.3. The Morgan fingerprint density at radius 1 is 0.662 bits per heavy atom. The summed E-state index contributed by atoms with van der Waals surface area (Å²) in [6, 6.07) is 7.02. The summed E-state index contributed by atoms with van der Waals surface area (Å²) in [5.41, 5.74) is 35.3. The number of aliphatic imine (C=N–C) groups is 3. The topological polar surface area (TPSA) is 462 Å². The number of nitrogens with one attached hydrogen (secondary N) is 9. The first kappa shape index (κ1) is 61.1. The van der Waals surface area contributed by atoms with E-state index in [0.29, 0.717) is 24.0 Å². The van der Waals surface area contributed by atoms with Gasteiger partial charge in [0, 0.05) is 63.0 Å². The molecule has 2 aromatic carbocycles. The lowest BCUT2D eigenvalue weighted by Crippen LogP contribution is -2.60. The number of rotatable bonds is 20. The van der Waals surface area contributed by atoms with Crippen molar-refractivity contribution in [2.45, 2.75) is 126 Å². The zero-order valence-electron chi connectivity index (χ0n) is 43.4. The Hall–Kier alpha value is -8.49. The summed E-state index contributed by atoms with van der Waals surface area (Å²) in [7, 11) is 0. The van der Waals surface area contributed by atoms with Crippen LogP contribution in [0.2, 0.25) is 0 Å². The molecule has 4 rings (SSSR count). The second-order valence-corrected chi connectivity index (χ2v) is 18.6. The van der Waals surface area contributed by atoms with Crippen molar-refractivity contribution in [3.63, 3.8) is 0 Å². The number of aromatic amines is 1. The molecule has 8 amide bonds. The summed E-state index contributed by atoms with van der Waals surface area (Å²) in [6.07, 6.45) is 2.37. The minimum Gasteiger partial charge on any atom is -0.394 e. The van der Waals surface area contributed by atoms with Crippen LogP contribution in [0.5, 0.6) is 0 Å². The van der Waals surface area contributed by atoms with Crippen LogP contribution in [0.15, 0.2) is 75.8 Å². The Morgan fingerprint density at radius 2 is 1.19 bits per heavy atom. The second-order valence-electron chi connectivity index (χ2n) is 18.6. The van der Waals surface area contributed by atoms with Crippen LogP contribution in [0.4, 0.5) is 0 Å². The Balaban J connectivity index is 1.78. The van der Waals surface area contributed by atoms with Crippen LogP contribution in [0.3, 0.4) is 0 Å². The number of aliphatic hydroxyl groups excluding tert-OH is 1. The highest BCUT2D eigenvalue weighted by Crippen LogP contribution is 2.20. The van der Waals surface area contributed by atoms with E-state index in [1.807, 2.05) is 24.3 Å². The minimum atomic E-state index is -1.63. The normalized spacial score (nSPS) is 20.8. The average molecular weight is 1070 g/mol. The lowest BCUT2D eigenvalue weighted by molar-refractivity contribution is -0.136. The molecule has 420 valence electrons. The van der Waals surface area contributed by atoms with E-state index in [0.717, 1.165) is 10.9 Å². The number of H-pyrrole nitrogens is 1. The molecule has 1 aliphatic rings. The number of guanidine groups is 3. The third-order valence-electron chi connectivity index (χ3n) is 12.3. The van der Waals surface area contributed by atoms with Crippen LogP contribution >= 0.6 is 0 Å². The molecule has 1 aromatic heterocycles. The van der Waals surface area contributed by atoms with Crippen LogP contribution in [-0.2, 0) is 51.2 Å². The number of carbonyl (C=O) groups excluding carboxylic acids is 8. The molecule has 27 heteroatoms. The summed E-state index contributed by atoms with van der Waals surface area (Å²) in [5.74, 6) is -6.72. The first-order valence-corrected chi connectivity index (χ1v) is 25.5. The van der Waals surface area contributed by atoms with Gasteiger partial charge in [-0.1, -0.05) is 48.5 Å². The van der Waals surface area contributed by atoms with Crippen molar-refractivity contribution in [2.24, 2.45) is 49.4 Å². The van der Waals surface area contributed by atoms with Gasteiger partial charge in [0.2, 0.25) is 47.3 Å². The number of aromatic nitrogens is 1. The molecule has 1 saturated heterocycles. The summed E-state index contributed by atoms with van der Waals surface area (Å²) >= 11 is 0. The molecule has 0 radical (unpaired) electrons. The first-order valence-electron chi connectivity index (χ1n) is 25.5. The molecule has 0 unspecified atom stereocenters. The van der Waals surface area contributed by atoms with Gasteiger partial charge in [0.1, 0.15) is 36.3 Å². The standard InChI is InChI=1S/C50H76N18O9/c1-29(70)62-35(17-9-21-58-48(51)52)42(72)68-40-26-41(71)57-20-8-7-14-32(28-69)63-45(75)39(25-31-27-61-34-16-6-5-15-33(31)34)67-44(74)37(19-11-23-60-50(55)56)64-46(76)38(24-30-12-3-2-4-13-30)66-43(73)36(65-47(40)77)18-10-22-59-49(53)54/h2-6,12-13,15-16,27,32,35-40,61,69H,7-11,14,17-26,28H2,1H3,(H,57,71)(H,62,70)(H,63,75)(H,64,76)(H,65,77)(H,66,73)(H,67,74)(H,68,72)(H4,51,52,58)(H4,53,54,59)(H4,55,56,60)/t32-,35-,36-,37-,38+,39-,40-/m0/s1. The molecule has 1 fully saturated rings. The molecule has 27 nitrogen and oxygen atoms in total. The number of aliphatic hydroxyl groups is 1. The zero-order valence-corrected chi connectivity index (χ0v) is 43.4. The molecule has 3 aromatic rings. The van der Waals surface area contributed by atoms with E-state index in [1.165, 1.54) is 6.92 Å². The summed E-state index contributed by atoms with van der Waals surface area (Å²) in [5, 5.41) is 32.9. The van der Waals surface area contributed by atoms with Crippen molar-refractivity contribution in [3.05, 3.63) is 71.9 Å². The smallest absolute Gasteiger partial charge is 0.243 e. The van der Waals surface area contributed by atoms with Crippen LogP contribution < -0.4 is 76.9 Å². The molecular weight excluding hydrogens is 997 g/mol. The number of benzene rings is 2. The average Bonchev–Trinajstić information content (AvgIpc) is 3.80. The van der Waals surface area contributed by atoms with Gasteiger partial charge in [0.05, 0.1) is 19.1 Å². The molecule has 7 atom stereocenters. The van der Waals surface area contributed by atoms with Crippen molar-refractivity contribution in [3.8, 4) is 0 Å². The second kappa shape index (κ2) is 32.1. The van der Waals surface area contributed by atoms with Gasteiger partial charge >= 0.3 is 0 Å². The van der Waals surface area contributed by atoms with E-state index in [-0.39, 0.29) is 102 Å². The molecule has 22 N–H and O–H groups in total. The number of carbonyl (C=O) groups is 8. The van der Waals surface area contributed by atoms with Crippen LogP contribution in [0.1, 0.15) is 82.3 Å². The van der Waals surface area contributed by atoms with Gasteiger partial charge in [-0.05, 0) is 75.0 Å². The van der Waals surface area contributed by atoms with Gasteiger partial charge in [-0.3, -0.25) is 53.3 Å². The van der Waals surface area contributed by atoms with Gasteiger partial charge in [-0.2, -0.15) is 0 Å². The van der Waals surface area contributed by atoms with Gasteiger partial charge < -0.3 is 87.0 Å². The third-order valence-corrected chi connectivity index (χ3v) is 12.3. The van der Waals surface area contributed by atoms with Crippen molar-refractivity contribution in [1.29, 1.82) is 0 Å². The lowest BCUT2D eigenvalue weighted by Gasteiger charge is -2.28. The van der Waals surface area contributed by atoms with Gasteiger partial charge in [0.25, 0.3) is 0 Å². The maximum atomic E-state index is 14.7. The highest BCUT2D eigenvalue weighted by Gasteiger charge is 2.35. The molecule has 2 heterocycles. The van der Waals surface area contributed by atoms with Crippen molar-refractivity contribution in [1.82, 2.24) is 47.5 Å². The lowest BCUT2D eigenvalue weighted by atomic mass is 10.0. The largest absolute Gasteiger partial charge is 0.394 e.